The van der Waals surface area contributed by atoms with Crippen LogP contribution in [0.4, 0.5) is 0 Å². The third kappa shape index (κ3) is 1.89. The summed E-state index contributed by atoms with van der Waals surface area (Å²) in [5.41, 5.74) is 2.38. The van der Waals surface area contributed by atoms with Gasteiger partial charge in [0, 0.05) is 17.5 Å². The maximum Gasteiger partial charge on any atom is 0.162 e. The van der Waals surface area contributed by atoms with E-state index in [1.807, 2.05) is 6.92 Å². The molecule has 0 saturated heterocycles. The van der Waals surface area contributed by atoms with Gasteiger partial charge in [0.25, 0.3) is 0 Å². The Labute approximate surface area is 87.6 Å². The van der Waals surface area contributed by atoms with Gasteiger partial charge in [0.05, 0.1) is 17.9 Å². The summed E-state index contributed by atoms with van der Waals surface area (Å²) in [4.78, 5) is 8.48. The molecule has 1 atom stereocenters. The Morgan fingerprint density at radius 3 is 2.80 bits per heavy atom. The monoisotopic (exact) mass is 204 g/mol. The Bertz CT molecular complexity index is 450. The average Bonchev–Trinajstić information content (AvgIpc) is 2.69. The Morgan fingerprint density at radius 2 is 2.27 bits per heavy atom. The van der Waals surface area contributed by atoms with Crippen molar-refractivity contribution >= 4 is 0 Å². The summed E-state index contributed by atoms with van der Waals surface area (Å²) < 4.78 is 4.96. The smallest absolute Gasteiger partial charge is 0.162 e. The average molecular weight is 204 g/mol. The third-order valence-electron chi connectivity index (χ3n) is 2.25. The lowest BCUT2D eigenvalue weighted by Gasteiger charge is -2.07. The highest BCUT2D eigenvalue weighted by Gasteiger charge is 2.09. The number of aromatic nitrogens is 2. The van der Waals surface area contributed by atoms with Crippen LogP contribution < -0.4 is 0 Å². The predicted molar refractivity (Wildman–Crippen MR) is 55.1 cm³/mol. The molecule has 0 aliphatic carbocycles. The van der Waals surface area contributed by atoms with E-state index in [1.165, 1.54) is 0 Å². The molecular formula is C11H12N2O2. The molecule has 0 aliphatic rings. The number of aryl methyl sites for hydroxylation is 1. The molecule has 2 aromatic rings. The quantitative estimate of drug-likeness (QED) is 0.813. The van der Waals surface area contributed by atoms with E-state index < -0.39 is 6.10 Å². The minimum absolute atomic E-state index is 0.539. The largest absolute Gasteiger partial charge is 0.472 e. The first kappa shape index (κ1) is 9.86. The van der Waals surface area contributed by atoms with E-state index in [0.29, 0.717) is 5.82 Å². The molecule has 1 N–H and O–H groups in total. The summed E-state index contributed by atoms with van der Waals surface area (Å²) in [5.74, 6) is 0.616. The van der Waals surface area contributed by atoms with E-state index in [0.717, 1.165) is 16.8 Å². The maximum absolute atomic E-state index is 9.43. The van der Waals surface area contributed by atoms with Gasteiger partial charge in [0.15, 0.2) is 5.82 Å². The van der Waals surface area contributed by atoms with E-state index in [-0.39, 0.29) is 0 Å². The highest BCUT2D eigenvalue weighted by molar-refractivity contribution is 5.52. The predicted octanol–water partition coefficient (Wildman–Crippen LogP) is 2.10. The van der Waals surface area contributed by atoms with Crippen LogP contribution in [0.3, 0.4) is 0 Å². The number of hydrogen-bond acceptors (Lipinski definition) is 4. The van der Waals surface area contributed by atoms with Crippen LogP contribution in [0.25, 0.3) is 11.4 Å². The first-order valence-corrected chi connectivity index (χ1v) is 4.72. The summed E-state index contributed by atoms with van der Waals surface area (Å²) in [6, 6.07) is 1.80. The van der Waals surface area contributed by atoms with Crippen LogP contribution in [0.5, 0.6) is 0 Å². The topological polar surface area (TPSA) is 59.2 Å². The van der Waals surface area contributed by atoms with Crippen LogP contribution in [-0.2, 0) is 0 Å². The molecule has 0 radical (unpaired) electrons. The van der Waals surface area contributed by atoms with Gasteiger partial charge in [-0.3, -0.25) is 0 Å². The van der Waals surface area contributed by atoms with E-state index in [2.05, 4.69) is 9.97 Å². The van der Waals surface area contributed by atoms with E-state index in [4.69, 9.17) is 4.42 Å². The molecule has 4 heteroatoms. The lowest BCUT2D eigenvalue weighted by Crippen LogP contribution is -2.00. The van der Waals surface area contributed by atoms with Gasteiger partial charge in [0.1, 0.15) is 6.26 Å². The molecule has 0 bridgehead atoms. The number of furan rings is 1. The molecule has 2 rings (SSSR count). The summed E-state index contributed by atoms with van der Waals surface area (Å²) in [6.45, 7) is 3.55. The van der Waals surface area contributed by atoms with Gasteiger partial charge in [-0.15, -0.1) is 0 Å². The zero-order valence-corrected chi connectivity index (χ0v) is 8.64. The summed E-state index contributed by atoms with van der Waals surface area (Å²) in [7, 11) is 0. The van der Waals surface area contributed by atoms with Crippen molar-refractivity contribution in [2.75, 3.05) is 0 Å². The van der Waals surface area contributed by atoms with Crippen LogP contribution in [0.1, 0.15) is 24.3 Å². The van der Waals surface area contributed by atoms with Gasteiger partial charge in [0.2, 0.25) is 0 Å². The second-order valence-electron chi connectivity index (χ2n) is 3.42. The second-order valence-corrected chi connectivity index (χ2v) is 3.42. The molecule has 0 saturated carbocycles. The Balaban J connectivity index is 2.42. The second kappa shape index (κ2) is 3.82. The molecule has 0 aromatic carbocycles. The van der Waals surface area contributed by atoms with Gasteiger partial charge in [-0.05, 0) is 19.9 Å². The fourth-order valence-electron chi connectivity index (χ4n) is 1.42. The zero-order valence-electron chi connectivity index (χ0n) is 8.64. The molecule has 0 fully saturated rings. The van der Waals surface area contributed by atoms with Crippen LogP contribution in [-0.4, -0.2) is 15.1 Å². The molecule has 0 aliphatic heterocycles. The number of aliphatic hydroxyl groups is 1. The first-order chi connectivity index (χ1) is 7.18. The summed E-state index contributed by atoms with van der Waals surface area (Å²) in [6.07, 6.45) is 4.28. The Morgan fingerprint density at radius 1 is 1.47 bits per heavy atom. The van der Waals surface area contributed by atoms with Gasteiger partial charge in [-0.2, -0.15) is 0 Å². The van der Waals surface area contributed by atoms with Crippen molar-refractivity contribution in [3.63, 3.8) is 0 Å². The first-order valence-electron chi connectivity index (χ1n) is 4.72. The number of rotatable bonds is 2. The highest BCUT2D eigenvalue weighted by atomic mass is 16.3. The Kier molecular flexibility index (Phi) is 2.51. The van der Waals surface area contributed by atoms with Gasteiger partial charge in [-0.1, -0.05) is 0 Å². The van der Waals surface area contributed by atoms with Crippen molar-refractivity contribution in [1.82, 2.24) is 9.97 Å². The molecule has 2 aromatic heterocycles. The van der Waals surface area contributed by atoms with Crippen LogP contribution in [0, 0.1) is 6.92 Å². The molecular weight excluding hydrogens is 192 g/mol. The van der Waals surface area contributed by atoms with Crippen LogP contribution in [0.15, 0.2) is 29.2 Å². The van der Waals surface area contributed by atoms with E-state index >= 15 is 0 Å². The number of nitrogens with zero attached hydrogens (tertiary/aromatic N) is 2. The highest BCUT2D eigenvalue weighted by Crippen LogP contribution is 2.19. The van der Waals surface area contributed by atoms with Crippen molar-refractivity contribution in [2.24, 2.45) is 0 Å². The van der Waals surface area contributed by atoms with E-state index in [1.54, 1.807) is 31.7 Å². The summed E-state index contributed by atoms with van der Waals surface area (Å²) >= 11 is 0. The van der Waals surface area contributed by atoms with Crippen LogP contribution >= 0.6 is 0 Å². The molecule has 0 spiro atoms. The standard InChI is InChI=1S/C11H12N2O2/c1-7-10(8(2)14)5-12-11(13-7)9-3-4-15-6-9/h3-6,8,14H,1-2H3/t8-/m0/s1. The molecule has 0 unspecified atom stereocenters. The fourth-order valence-corrected chi connectivity index (χ4v) is 1.42. The van der Waals surface area contributed by atoms with Gasteiger partial charge >= 0.3 is 0 Å². The van der Waals surface area contributed by atoms with Crippen molar-refractivity contribution < 1.29 is 9.52 Å². The van der Waals surface area contributed by atoms with E-state index in [9.17, 15) is 5.11 Å². The SMILES string of the molecule is Cc1nc(-c2ccoc2)ncc1[C@H](C)O. The van der Waals surface area contributed by atoms with Crippen molar-refractivity contribution in [1.29, 1.82) is 0 Å². The molecule has 4 nitrogen and oxygen atoms in total. The zero-order chi connectivity index (χ0) is 10.8. The normalized spacial score (nSPS) is 12.7. The Hall–Kier alpha value is -1.68. The van der Waals surface area contributed by atoms with Crippen molar-refractivity contribution in [2.45, 2.75) is 20.0 Å². The maximum atomic E-state index is 9.43. The lowest BCUT2D eigenvalue weighted by atomic mass is 10.1. The van der Waals surface area contributed by atoms with Gasteiger partial charge < -0.3 is 9.52 Å². The van der Waals surface area contributed by atoms with Crippen molar-refractivity contribution in [3.05, 3.63) is 36.0 Å². The molecule has 15 heavy (non-hydrogen) atoms. The fraction of sp³-hybridized carbons (Fsp3) is 0.273. The summed E-state index contributed by atoms with van der Waals surface area (Å²) in [5, 5.41) is 9.43. The molecule has 0 amide bonds. The molecule has 78 valence electrons. The van der Waals surface area contributed by atoms with Crippen LogP contribution in [0.2, 0.25) is 0 Å². The minimum atomic E-state index is -0.539. The lowest BCUT2D eigenvalue weighted by molar-refractivity contribution is 0.197. The number of aliphatic hydroxyl groups excluding tert-OH is 1. The number of hydrogen-bond donors (Lipinski definition) is 1. The van der Waals surface area contributed by atoms with Crippen molar-refractivity contribution in [3.8, 4) is 11.4 Å². The third-order valence-corrected chi connectivity index (χ3v) is 2.25. The minimum Gasteiger partial charge on any atom is -0.472 e. The van der Waals surface area contributed by atoms with Gasteiger partial charge in [-0.25, -0.2) is 9.97 Å². The molecule has 2 heterocycles.